The van der Waals surface area contributed by atoms with Gasteiger partial charge in [0.05, 0.1) is 0 Å². The monoisotopic (exact) mass is 239 g/mol. The predicted octanol–water partition coefficient (Wildman–Crippen LogP) is -8.13. The summed E-state index contributed by atoms with van der Waals surface area (Å²) in [5.74, 6) is 0. The Kier molecular flexibility index (Phi) is 14.1. The van der Waals surface area contributed by atoms with Crippen molar-refractivity contribution in [1.82, 2.24) is 0 Å². The van der Waals surface area contributed by atoms with E-state index in [1.54, 1.807) is 0 Å². The van der Waals surface area contributed by atoms with E-state index in [0.29, 0.717) is 0 Å². The van der Waals surface area contributed by atoms with Gasteiger partial charge in [-0.1, -0.05) is 0 Å². The van der Waals surface area contributed by atoms with Crippen LogP contribution in [0.25, 0.3) is 0 Å². The Morgan fingerprint density at radius 2 is 0.857 bits per heavy atom. The van der Waals surface area contributed by atoms with Crippen LogP contribution in [0.2, 0.25) is 0 Å². The molecule has 0 aromatic heterocycles. The van der Waals surface area contributed by atoms with E-state index in [-0.39, 0.29) is 60.6 Å². The molecule has 0 saturated heterocycles. The van der Waals surface area contributed by atoms with Crippen LogP contribution in [0.3, 0.4) is 0 Å². The quantitative estimate of drug-likeness (QED) is 0.392. The normalized spacial score (nSPS) is 8.57. The molecule has 0 rings (SSSR count). The number of rotatable bonds is 0. The fourth-order valence-corrected chi connectivity index (χ4v) is 0. The Morgan fingerprint density at radius 1 is 0.857 bits per heavy atom. The molecule has 7 heteroatoms. The number of hydrogen-bond donors (Lipinski definition) is 0. The van der Waals surface area contributed by atoms with Gasteiger partial charge >= 0.3 is 60.6 Å². The maximum Gasteiger partial charge on any atom is 3.00 e. The van der Waals surface area contributed by atoms with Gasteiger partial charge in [0, 0.05) is 0 Å². The average molecular weight is 239 g/mol. The van der Waals surface area contributed by atoms with Gasteiger partial charge in [-0.3, -0.25) is 0 Å². The van der Waals surface area contributed by atoms with E-state index in [9.17, 15) is 0 Å². The van der Waals surface area contributed by atoms with Crippen molar-refractivity contribution in [1.29, 1.82) is 0 Å². The minimum Gasteiger partial charge on any atom is -0.894 e. The molecular weight excluding hydrogens is 239 g/mol. The molecule has 0 unspecified atom stereocenters. The van der Waals surface area contributed by atoms with Crippen LogP contribution in [0.4, 0.5) is 0 Å². The van der Waals surface area contributed by atoms with Crippen LogP contribution in [0, 0.1) is 41.7 Å². The molecule has 0 heterocycles. The average Bonchev–Trinajstić information content (AvgIpc) is 0.722. The minimum absolute atomic E-state index is 0. The number of hydrogen-bond acceptors (Lipinski definition) is 4. The third-order valence-electron chi connectivity index (χ3n) is 0. The molecule has 0 N–H and O–H groups in total. The van der Waals surface area contributed by atoms with Gasteiger partial charge in [-0.25, -0.2) is 0 Å². The van der Waals surface area contributed by atoms with E-state index in [2.05, 4.69) is 0 Å². The molecule has 0 aromatic carbocycles. The largest absolute Gasteiger partial charge is 3.00 e. The Balaban J connectivity index is -0.0000000800. The van der Waals surface area contributed by atoms with Crippen molar-refractivity contribution in [2.24, 2.45) is 0 Å². The second kappa shape index (κ2) is 6.16. The van der Waals surface area contributed by atoms with Crippen molar-refractivity contribution in [2.75, 3.05) is 0 Å². The zero-order valence-corrected chi connectivity index (χ0v) is 7.77. The van der Waals surface area contributed by atoms with Gasteiger partial charge in [-0.15, -0.1) is 0 Å². The summed E-state index contributed by atoms with van der Waals surface area (Å²) in [5, 5.41) is 0. The first-order valence-corrected chi connectivity index (χ1v) is 2.45. The third-order valence-corrected chi connectivity index (χ3v) is 0. The summed E-state index contributed by atoms with van der Waals surface area (Å²) in [6.07, 6.45) is 0. The van der Waals surface area contributed by atoms with Crippen LogP contribution in [0.15, 0.2) is 0 Å². The van der Waals surface area contributed by atoms with Crippen LogP contribution in [-0.4, -0.2) is 9.05 Å². The van der Waals surface area contributed by atoms with Gasteiger partial charge in [0.25, 0.3) is 0 Å². The van der Waals surface area contributed by atoms with Crippen LogP contribution >= 0.6 is 0 Å². The molecule has 1 radical (unpaired) electrons. The van der Waals surface area contributed by atoms with Crippen molar-refractivity contribution in [2.45, 2.75) is 0 Å². The summed E-state index contributed by atoms with van der Waals surface area (Å²) in [5.41, 5.74) is 0. The zero-order chi connectivity index (χ0) is 4.50. The topological polar surface area (TPSA) is 92.2 Å². The van der Waals surface area contributed by atoms with Crippen molar-refractivity contribution < 1.29 is 79.8 Å². The summed E-state index contributed by atoms with van der Waals surface area (Å²) in [6.45, 7) is 0. The van der Waals surface area contributed by atoms with Crippen LogP contribution in [0.5, 0.6) is 0 Å². The first-order chi connectivity index (χ1) is 2.00. The fourth-order valence-electron chi connectivity index (χ4n) is 0. The van der Waals surface area contributed by atoms with Gasteiger partial charge < -0.3 is 28.2 Å². The molecule has 0 aliphatic heterocycles. The maximum absolute atomic E-state index is 8.58. The first-order valence-electron chi connectivity index (χ1n) is 0.816. The Hall–Kier alpha value is 2.03. The third kappa shape index (κ3) is 70.8. The molecule has 0 aliphatic carbocycles. The molecule has 4 nitrogen and oxygen atoms in total. The van der Waals surface area contributed by atoms with Crippen molar-refractivity contribution in [3.63, 3.8) is 0 Å². The summed E-state index contributed by atoms with van der Waals surface area (Å²) < 4.78 is 0. The smallest absolute Gasteiger partial charge is 0.894 e. The molecule has 0 spiro atoms. The van der Waals surface area contributed by atoms with E-state index >= 15 is 0 Å². The first kappa shape index (κ1) is 16.0. The van der Waals surface area contributed by atoms with E-state index in [0.717, 1.165) is 0 Å². The van der Waals surface area contributed by atoms with Gasteiger partial charge in [0.1, 0.15) is 0 Å². The molecule has 0 saturated carbocycles. The van der Waals surface area contributed by atoms with Gasteiger partial charge in [0.2, 0.25) is 0 Å². The molecule has 0 amide bonds. The molecular formula is CeLiO4Si. The summed E-state index contributed by atoms with van der Waals surface area (Å²) in [6, 6.07) is 0. The molecule has 0 atom stereocenters. The molecule has 0 bridgehead atoms. The molecule has 0 fully saturated rings. The fraction of sp³-hybridized carbons (Fsp3) is 0. The van der Waals surface area contributed by atoms with Crippen LogP contribution < -0.4 is 38.0 Å². The van der Waals surface area contributed by atoms with Crippen molar-refractivity contribution >= 4 is 9.05 Å². The summed E-state index contributed by atoms with van der Waals surface area (Å²) in [4.78, 5) is 34.3. The van der Waals surface area contributed by atoms with Gasteiger partial charge in [-0.2, -0.15) is 0 Å². The maximum atomic E-state index is 8.58. The standard InChI is InChI=1S/Ce.Li.O4Si/c;;1-5(2,3)4/q+3;+1;-4. The van der Waals surface area contributed by atoms with Gasteiger partial charge in [-0.05, 0) is 0 Å². The Labute approximate surface area is 87.6 Å². The zero-order valence-electron chi connectivity index (χ0n) is 3.63. The van der Waals surface area contributed by atoms with E-state index < -0.39 is 9.05 Å². The van der Waals surface area contributed by atoms with Crippen molar-refractivity contribution in [3.8, 4) is 0 Å². The minimum atomic E-state index is -5.61. The molecule has 0 aliphatic rings. The molecule has 7 heavy (non-hydrogen) atoms. The van der Waals surface area contributed by atoms with E-state index in [1.165, 1.54) is 0 Å². The second-order valence-electron chi connectivity index (χ2n) is 0.500. The van der Waals surface area contributed by atoms with E-state index in [4.69, 9.17) is 19.2 Å². The SMILES string of the molecule is [Ce+3].[Li+].[O-][Si]([O-])([O-])[O-]. The second-order valence-corrected chi connectivity index (χ2v) is 1.50. The van der Waals surface area contributed by atoms with Crippen molar-refractivity contribution in [3.05, 3.63) is 0 Å². The summed E-state index contributed by atoms with van der Waals surface area (Å²) in [7, 11) is -5.61. The molecule has 0 aromatic rings. The van der Waals surface area contributed by atoms with E-state index in [1.807, 2.05) is 0 Å². The van der Waals surface area contributed by atoms with Crippen LogP contribution in [-0.2, 0) is 0 Å². The predicted molar refractivity (Wildman–Crippen MR) is 5.75 cm³/mol. The summed E-state index contributed by atoms with van der Waals surface area (Å²) >= 11 is 0. The molecule has 33 valence electrons. The van der Waals surface area contributed by atoms with Crippen LogP contribution in [0.1, 0.15) is 0 Å². The Bertz CT molecular complexity index is 27.2. The van der Waals surface area contributed by atoms with Gasteiger partial charge in [0.15, 0.2) is 0 Å². The Morgan fingerprint density at radius 3 is 0.857 bits per heavy atom.